The predicted octanol–water partition coefficient (Wildman–Crippen LogP) is 6.02. The van der Waals surface area contributed by atoms with Crippen molar-refractivity contribution in [2.75, 3.05) is 6.61 Å². The van der Waals surface area contributed by atoms with E-state index in [-0.39, 0.29) is 5.60 Å². The van der Waals surface area contributed by atoms with Crippen LogP contribution >= 0.6 is 0 Å². The van der Waals surface area contributed by atoms with Crippen molar-refractivity contribution in [2.45, 2.75) is 66.4 Å². The van der Waals surface area contributed by atoms with Crippen LogP contribution in [0.3, 0.4) is 0 Å². The number of aryl methyl sites for hydroxylation is 1. The van der Waals surface area contributed by atoms with E-state index >= 15 is 0 Å². The Morgan fingerprint density at radius 1 is 1.20 bits per heavy atom. The molecule has 1 heteroatoms. The number of rotatable bonds is 7. The highest BCUT2D eigenvalue weighted by Gasteiger charge is 2.15. The SMILES string of the molecule is CC.CCOC(C)(C)CCC/C=C/c1cccc(C)c1. The molecule has 0 N–H and O–H groups in total. The van der Waals surface area contributed by atoms with E-state index in [1.54, 1.807) is 0 Å². The van der Waals surface area contributed by atoms with Gasteiger partial charge in [0.05, 0.1) is 5.60 Å². The molecule has 1 rings (SSSR count). The highest BCUT2D eigenvalue weighted by atomic mass is 16.5. The molecule has 0 fully saturated rings. The van der Waals surface area contributed by atoms with E-state index in [0.29, 0.717) is 0 Å². The van der Waals surface area contributed by atoms with Crippen molar-refractivity contribution < 1.29 is 4.74 Å². The lowest BCUT2D eigenvalue weighted by Gasteiger charge is -2.24. The van der Waals surface area contributed by atoms with Crippen molar-refractivity contribution in [3.8, 4) is 0 Å². The molecular weight excluding hydrogens is 244 g/mol. The van der Waals surface area contributed by atoms with Gasteiger partial charge in [0.15, 0.2) is 0 Å². The summed E-state index contributed by atoms with van der Waals surface area (Å²) in [6, 6.07) is 8.59. The first kappa shape index (κ1) is 18.9. The quantitative estimate of drug-likeness (QED) is 0.553. The maximum Gasteiger partial charge on any atom is 0.0626 e. The largest absolute Gasteiger partial charge is 0.376 e. The van der Waals surface area contributed by atoms with Gasteiger partial charge in [0, 0.05) is 6.61 Å². The Kier molecular flexibility index (Phi) is 10.1. The molecule has 0 aromatic heterocycles. The van der Waals surface area contributed by atoms with Crippen LogP contribution in [0.2, 0.25) is 0 Å². The zero-order valence-corrected chi connectivity index (χ0v) is 14.2. The number of ether oxygens (including phenoxy) is 1. The Morgan fingerprint density at radius 2 is 1.90 bits per heavy atom. The molecule has 0 saturated carbocycles. The van der Waals surface area contributed by atoms with Gasteiger partial charge in [-0.1, -0.05) is 55.8 Å². The lowest BCUT2D eigenvalue weighted by Crippen LogP contribution is -2.23. The maximum atomic E-state index is 5.69. The molecule has 0 bridgehead atoms. The van der Waals surface area contributed by atoms with Crippen LogP contribution in [0.25, 0.3) is 6.08 Å². The first-order valence-electron chi connectivity index (χ1n) is 7.91. The maximum absolute atomic E-state index is 5.69. The smallest absolute Gasteiger partial charge is 0.0626 e. The molecular formula is C19H32O. The Morgan fingerprint density at radius 3 is 2.50 bits per heavy atom. The summed E-state index contributed by atoms with van der Waals surface area (Å²) in [5.41, 5.74) is 2.63. The zero-order chi connectivity index (χ0) is 15.4. The van der Waals surface area contributed by atoms with E-state index in [0.717, 1.165) is 19.4 Å². The summed E-state index contributed by atoms with van der Waals surface area (Å²) >= 11 is 0. The highest BCUT2D eigenvalue weighted by molar-refractivity contribution is 5.49. The summed E-state index contributed by atoms with van der Waals surface area (Å²) in [6.07, 6.45) is 7.87. The van der Waals surface area contributed by atoms with E-state index in [9.17, 15) is 0 Å². The fraction of sp³-hybridized carbons (Fsp3) is 0.579. The molecule has 1 nitrogen and oxygen atoms in total. The summed E-state index contributed by atoms with van der Waals surface area (Å²) in [4.78, 5) is 0. The van der Waals surface area contributed by atoms with Crippen LogP contribution in [0.5, 0.6) is 0 Å². The van der Waals surface area contributed by atoms with Gasteiger partial charge in [0.25, 0.3) is 0 Å². The van der Waals surface area contributed by atoms with Crippen LogP contribution in [0.1, 0.15) is 65.0 Å². The molecule has 114 valence electrons. The minimum Gasteiger partial charge on any atom is -0.376 e. The average molecular weight is 276 g/mol. The van der Waals surface area contributed by atoms with Crippen molar-refractivity contribution >= 4 is 6.08 Å². The Labute approximate surface area is 126 Å². The molecule has 0 heterocycles. The van der Waals surface area contributed by atoms with E-state index in [4.69, 9.17) is 4.74 Å². The zero-order valence-electron chi connectivity index (χ0n) is 14.2. The van der Waals surface area contributed by atoms with E-state index in [1.165, 1.54) is 17.5 Å². The first-order valence-corrected chi connectivity index (χ1v) is 7.91. The molecule has 0 unspecified atom stereocenters. The van der Waals surface area contributed by atoms with Crippen molar-refractivity contribution in [1.29, 1.82) is 0 Å². The van der Waals surface area contributed by atoms with Gasteiger partial charge >= 0.3 is 0 Å². The van der Waals surface area contributed by atoms with Crippen molar-refractivity contribution in [3.05, 3.63) is 41.5 Å². The van der Waals surface area contributed by atoms with Gasteiger partial charge in [0.1, 0.15) is 0 Å². The topological polar surface area (TPSA) is 9.23 Å². The van der Waals surface area contributed by atoms with Gasteiger partial charge in [-0.15, -0.1) is 0 Å². The van der Waals surface area contributed by atoms with Crippen LogP contribution in [0, 0.1) is 6.92 Å². The number of benzene rings is 1. The molecule has 1 aromatic rings. The average Bonchev–Trinajstić information content (AvgIpc) is 2.40. The number of unbranched alkanes of at least 4 members (excludes halogenated alkanes) is 1. The monoisotopic (exact) mass is 276 g/mol. The van der Waals surface area contributed by atoms with E-state index in [2.05, 4.69) is 64.1 Å². The Hall–Kier alpha value is -1.08. The van der Waals surface area contributed by atoms with Crippen molar-refractivity contribution in [3.63, 3.8) is 0 Å². The summed E-state index contributed by atoms with van der Waals surface area (Å²) in [6.45, 7) is 13.3. The third kappa shape index (κ3) is 8.92. The summed E-state index contributed by atoms with van der Waals surface area (Å²) in [5, 5.41) is 0. The second-order valence-electron chi connectivity index (χ2n) is 5.40. The van der Waals surface area contributed by atoms with Gasteiger partial charge in [-0.05, 0) is 52.5 Å². The van der Waals surface area contributed by atoms with Gasteiger partial charge in [-0.2, -0.15) is 0 Å². The number of allylic oxidation sites excluding steroid dienone is 1. The standard InChI is InChI=1S/C17H26O.C2H6/c1-5-18-17(3,4)13-8-6-7-11-16-12-9-10-15(2)14-16;1-2/h7,9-12,14H,5-6,8,13H2,1-4H3;1-2H3/b11-7+;. The third-order valence-electron chi connectivity index (χ3n) is 3.04. The summed E-state index contributed by atoms with van der Waals surface area (Å²) in [5.74, 6) is 0. The van der Waals surface area contributed by atoms with Gasteiger partial charge in [-0.25, -0.2) is 0 Å². The molecule has 0 radical (unpaired) electrons. The number of hydrogen-bond acceptors (Lipinski definition) is 1. The molecule has 0 saturated heterocycles. The van der Waals surface area contributed by atoms with E-state index < -0.39 is 0 Å². The van der Waals surface area contributed by atoms with Gasteiger partial charge < -0.3 is 4.74 Å². The molecule has 20 heavy (non-hydrogen) atoms. The second-order valence-corrected chi connectivity index (χ2v) is 5.40. The predicted molar refractivity (Wildman–Crippen MR) is 91.1 cm³/mol. The second kappa shape index (κ2) is 10.7. The molecule has 0 aliphatic rings. The summed E-state index contributed by atoms with van der Waals surface area (Å²) in [7, 11) is 0. The molecule has 0 aliphatic heterocycles. The lowest BCUT2D eigenvalue weighted by molar-refractivity contribution is -0.0171. The van der Waals surface area contributed by atoms with Crippen LogP contribution in [-0.4, -0.2) is 12.2 Å². The molecule has 0 atom stereocenters. The van der Waals surface area contributed by atoms with Crippen LogP contribution in [-0.2, 0) is 4.74 Å². The Bertz CT molecular complexity index is 377. The molecule has 1 aromatic carbocycles. The third-order valence-corrected chi connectivity index (χ3v) is 3.04. The van der Waals surface area contributed by atoms with Crippen LogP contribution in [0.4, 0.5) is 0 Å². The lowest BCUT2D eigenvalue weighted by atomic mass is 10.0. The first-order chi connectivity index (χ1) is 9.53. The van der Waals surface area contributed by atoms with E-state index in [1.807, 2.05) is 13.8 Å². The fourth-order valence-electron chi connectivity index (χ4n) is 2.10. The van der Waals surface area contributed by atoms with Gasteiger partial charge in [-0.3, -0.25) is 0 Å². The summed E-state index contributed by atoms with van der Waals surface area (Å²) < 4.78 is 5.69. The molecule has 0 amide bonds. The van der Waals surface area contributed by atoms with Crippen LogP contribution in [0.15, 0.2) is 30.3 Å². The van der Waals surface area contributed by atoms with Crippen molar-refractivity contribution in [1.82, 2.24) is 0 Å². The minimum absolute atomic E-state index is 0.0198. The normalized spacial score (nSPS) is 11.3. The fourth-order valence-corrected chi connectivity index (χ4v) is 2.10. The minimum atomic E-state index is 0.0198. The number of hydrogen-bond donors (Lipinski definition) is 0. The molecule has 0 spiro atoms. The molecule has 0 aliphatic carbocycles. The van der Waals surface area contributed by atoms with Crippen LogP contribution < -0.4 is 0 Å². The van der Waals surface area contributed by atoms with Gasteiger partial charge in [0.2, 0.25) is 0 Å². The van der Waals surface area contributed by atoms with Crippen molar-refractivity contribution in [2.24, 2.45) is 0 Å². The Balaban J connectivity index is 0.00000172. The highest BCUT2D eigenvalue weighted by Crippen LogP contribution is 2.18.